The molecule has 0 aliphatic rings. The molecule has 0 unspecified atom stereocenters. The zero-order valence-electron chi connectivity index (χ0n) is 15.0. The quantitative estimate of drug-likeness (QED) is 0.520. The molecule has 0 bridgehead atoms. The van der Waals surface area contributed by atoms with E-state index in [0.29, 0.717) is 11.8 Å². The molecule has 0 saturated carbocycles. The van der Waals surface area contributed by atoms with Crippen LogP contribution in [0.3, 0.4) is 0 Å². The molecule has 3 rings (SSSR count). The van der Waals surface area contributed by atoms with E-state index in [9.17, 15) is 0 Å². The Kier molecular flexibility index (Phi) is 4.47. The SMILES string of the molecule is Cc1ccn2c(N=Nc3ccc(C(C)C)cc3)c(C(C)C)nc2c1. The number of fused-ring (bicyclic) bond motifs is 1. The van der Waals surface area contributed by atoms with Crippen molar-refractivity contribution in [1.29, 1.82) is 0 Å². The molecule has 3 aromatic rings. The van der Waals surface area contributed by atoms with E-state index in [4.69, 9.17) is 4.98 Å². The maximum atomic E-state index is 4.73. The summed E-state index contributed by atoms with van der Waals surface area (Å²) in [5.41, 5.74) is 5.25. The molecular weight excluding hydrogens is 296 g/mol. The summed E-state index contributed by atoms with van der Waals surface area (Å²) >= 11 is 0. The average Bonchev–Trinajstić information content (AvgIpc) is 2.91. The molecule has 0 radical (unpaired) electrons. The molecule has 1 aromatic carbocycles. The Labute approximate surface area is 143 Å². The van der Waals surface area contributed by atoms with Gasteiger partial charge in [0.05, 0.1) is 11.4 Å². The van der Waals surface area contributed by atoms with Gasteiger partial charge in [-0.25, -0.2) is 4.98 Å². The highest BCUT2D eigenvalue weighted by atomic mass is 15.2. The molecule has 4 heteroatoms. The van der Waals surface area contributed by atoms with Gasteiger partial charge >= 0.3 is 0 Å². The third kappa shape index (κ3) is 3.23. The fourth-order valence-corrected chi connectivity index (χ4v) is 2.67. The fourth-order valence-electron chi connectivity index (χ4n) is 2.67. The van der Waals surface area contributed by atoms with Crippen LogP contribution in [0.5, 0.6) is 0 Å². The maximum Gasteiger partial charge on any atom is 0.183 e. The van der Waals surface area contributed by atoms with Gasteiger partial charge in [-0.05, 0) is 54.2 Å². The first kappa shape index (κ1) is 16.4. The van der Waals surface area contributed by atoms with Crippen LogP contribution in [0.15, 0.2) is 52.8 Å². The van der Waals surface area contributed by atoms with E-state index in [1.54, 1.807) is 0 Å². The summed E-state index contributed by atoms with van der Waals surface area (Å²) in [6, 6.07) is 12.4. The molecule has 0 fully saturated rings. The third-order valence-corrected chi connectivity index (χ3v) is 4.15. The van der Waals surface area contributed by atoms with Gasteiger partial charge in [0, 0.05) is 6.20 Å². The summed E-state index contributed by atoms with van der Waals surface area (Å²) in [4.78, 5) is 4.73. The molecule has 0 aliphatic heterocycles. The summed E-state index contributed by atoms with van der Waals surface area (Å²) in [5.74, 6) is 1.63. The molecule has 4 nitrogen and oxygen atoms in total. The summed E-state index contributed by atoms with van der Waals surface area (Å²) in [6.45, 7) is 10.7. The summed E-state index contributed by atoms with van der Waals surface area (Å²) < 4.78 is 2.01. The highest BCUT2D eigenvalue weighted by molar-refractivity contribution is 5.54. The zero-order chi connectivity index (χ0) is 17.3. The highest BCUT2D eigenvalue weighted by Gasteiger charge is 2.15. The van der Waals surface area contributed by atoms with Gasteiger partial charge in [-0.1, -0.05) is 39.8 Å². The topological polar surface area (TPSA) is 42.0 Å². The van der Waals surface area contributed by atoms with Gasteiger partial charge in [0.25, 0.3) is 0 Å². The first-order valence-electron chi connectivity index (χ1n) is 8.46. The summed E-state index contributed by atoms with van der Waals surface area (Å²) in [5, 5.41) is 8.94. The number of pyridine rings is 1. The second kappa shape index (κ2) is 6.56. The monoisotopic (exact) mass is 320 g/mol. The Bertz CT molecular complexity index is 871. The van der Waals surface area contributed by atoms with E-state index in [2.05, 4.69) is 69.1 Å². The Morgan fingerprint density at radius 2 is 1.62 bits per heavy atom. The second-order valence-corrected chi connectivity index (χ2v) is 6.85. The minimum absolute atomic E-state index is 0.294. The minimum Gasteiger partial charge on any atom is -0.283 e. The van der Waals surface area contributed by atoms with Crippen LogP contribution in [-0.4, -0.2) is 9.38 Å². The normalized spacial score (nSPS) is 12.1. The number of hydrogen-bond donors (Lipinski definition) is 0. The van der Waals surface area contributed by atoms with Crippen molar-refractivity contribution in [3.63, 3.8) is 0 Å². The molecule has 0 aliphatic carbocycles. The zero-order valence-corrected chi connectivity index (χ0v) is 15.0. The van der Waals surface area contributed by atoms with Crippen molar-refractivity contribution in [3.05, 3.63) is 59.4 Å². The number of azo groups is 1. The van der Waals surface area contributed by atoms with Crippen LogP contribution in [0.4, 0.5) is 11.5 Å². The van der Waals surface area contributed by atoms with Gasteiger partial charge in [0.15, 0.2) is 5.82 Å². The molecule has 0 atom stereocenters. The number of benzene rings is 1. The largest absolute Gasteiger partial charge is 0.283 e. The smallest absolute Gasteiger partial charge is 0.183 e. The molecule has 2 heterocycles. The van der Waals surface area contributed by atoms with Gasteiger partial charge < -0.3 is 0 Å². The van der Waals surface area contributed by atoms with Crippen molar-refractivity contribution in [2.45, 2.75) is 46.5 Å². The number of aromatic nitrogens is 2. The maximum absolute atomic E-state index is 4.73. The minimum atomic E-state index is 0.294. The molecule has 2 aromatic heterocycles. The molecule has 0 saturated heterocycles. The Morgan fingerprint density at radius 3 is 2.25 bits per heavy atom. The number of rotatable bonds is 4. The van der Waals surface area contributed by atoms with Gasteiger partial charge in [-0.2, -0.15) is 0 Å². The average molecular weight is 320 g/mol. The number of aryl methyl sites for hydroxylation is 1. The van der Waals surface area contributed by atoms with E-state index in [0.717, 1.165) is 22.8 Å². The van der Waals surface area contributed by atoms with Crippen molar-refractivity contribution in [3.8, 4) is 0 Å². The lowest BCUT2D eigenvalue weighted by molar-refractivity contribution is 0.831. The van der Waals surface area contributed by atoms with Crippen molar-refractivity contribution in [1.82, 2.24) is 9.38 Å². The van der Waals surface area contributed by atoms with E-state index in [1.807, 2.05) is 22.7 Å². The third-order valence-electron chi connectivity index (χ3n) is 4.15. The number of nitrogens with zero attached hydrogens (tertiary/aromatic N) is 4. The van der Waals surface area contributed by atoms with E-state index >= 15 is 0 Å². The number of imidazole rings is 1. The van der Waals surface area contributed by atoms with Crippen molar-refractivity contribution in [2.75, 3.05) is 0 Å². The Morgan fingerprint density at radius 1 is 0.917 bits per heavy atom. The Balaban J connectivity index is 2.00. The lowest BCUT2D eigenvalue weighted by Gasteiger charge is -2.04. The van der Waals surface area contributed by atoms with Gasteiger partial charge in [-0.3, -0.25) is 4.40 Å². The summed E-state index contributed by atoms with van der Waals surface area (Å²) in [7, 11) is 0. The van der Waals surface area contributed by atoms with Crippen LogP contribution in [0, 0.1) is 6.92 Å². The predicted octanol–water partition coefficient (Wildman–Crippen LogP) is 6.30. The van der Waals surface area contributed by atoms with Crippen molar-refractivity contribution in [2.24, 2.45) is 10.2 Å². The van der Waals surface area contributed by atoms with Gasteiger partial charge in [0.2, 0.25) is 0 Å². The lowest BCUT2D eigenvalue weighted by Crippen LogP contribution is -1.88. The highest BCUT2D eigenvalue weighted by Crippen LogP contribution is 2.30. The van der Waals surface area contributed by atoms with Gasteiger partial charge in [0.1, 0.15) is 5.65 Å². The first-order valence-corrected chi connectivity index (χ1v) is 8.46. The van der Waals surface area contributed by atoms with Crippen molar-refractivity contribution < 1.29 is 0 Å². The van der Waals surface area contributed by atoms with Crippen LogP contribution >= 0.6 is 0 Å². The predicted molar refractivity (Wildman–Crippen MR) is 98.7 cm³/mol. The standard InChI is InChI=1S/C20H24N4/c1-13(2)16-6-8-17(9-7-16)22-23-20-19(14(3)4)21-18-12-15(5)10-11-24(18)20/h6-14H,1-5H3. The fraction of sp³-hybridized carbons (Fsp3) is 0.350. The molecule has 24 heavy (non-hydrogen) atoms. The van der Waals surface area contributed by atoms with Gasteiger partial charge in [-0.15, -0.1) is 10.2 Å². The molecule has 0 spiro atoms. The van der Waals surface area contributed by atoms with Crippen LogP contribution < -0.4 is 0 Å². The molecule has 124 valence electrons. The van der Waals surface area contributed by atoms with Crippen LogP contribution in [0.2, 0.25) is 0 Å². The molecule has 0 N–H and O–H groups in total. The van der Waals surface area contributed by atoms with Crippen molar-refractivity contribution >= 4 is 17.2 Å². The first-order chi connectivity index (χ1) is 11.5. The lowest BCUT2D eigenvalue weighted by atomic mass is 10.0. The van der Waals surface area contributed by atoms with E-state index in [-0.39, 0.29) is 0 Å². The second-order valence-electron chi connectivity index (χ2n) is 6.85. The molecule has 0 amide bonds. The number of hydrogen-bond acceptors (Lipinski definition) is 3. The van der Waals surface area contributed by atoms with E-state index < -0.39 is 0 Å². The van der Waals surface area contributed by atoms with Crippen LogP contribution in [-0.2, 0) is 0 Å². The van der Waals surface area contributed by atoms with E-state index in [1.165, 1.54) is 11.1 Å². The summed E-state index contributed by atoms with van der Waals surface area (Å²) in [6.07, 6.45) is 2.01. The Hall–Kier alpha value is -2.49. The molecular formula is C20H24N4. The van der Waals surface area contributed by atoms with Crippen LogP contribution in [0.1, 0.15) is 56.4 Å². The van der Waals surface area contributed by atoms with Crippen LogP contribution in [0.25, 0.3) is 5.65 Å².